The smallest absolute Gasteiger partial charge is 0.166 e. The van der Waals surface area contributed by atoms with Crippen molar-refractivity contribution in [3.05, 3.63) is 179 Å². The van der Waals surface area contributed by atoms with Crippen molar-refractivity contribution in [1.82, 2.24) is 19.9 Å². The van der Waals surface area contributed by atoms with Crippen LogP contribution in [0.4, 0.5) is 0 Å². The van der Waals surface area contributed by atoms with Crippen molar-refractivity contribution in [3.8, 4) is 56.5 Å². The standard InChI is InChI=1S/C64H69N4.Ir/c1-10-12-14-16-22-43-38-44(23-17-15-13-11-2)40-50(39-43)64(9)56-27-21-20-25-52(56)53-37-32-47(41-57(53)64)58-54-26-19-18-24-51(54)55(42-65-58)61-67-59(45-28-33-48(34-29-45)62(3,4)5)66-60(68-61)46-30-35-49(36-31-46)63(6,7)8;/h18-21,24-31,33-42H,10-17,22-23H2,1-9H3;/q-1;. The molecule has 0 spiro atoms. The summed E-state index contributed by atoms with van der Waals surface area (Å²) in [6, 6.07) is 50.9. The maximum atomic E-state index is 5.32. The van der Waals surface area contributed by atoms with Gasteiger partial charge in [0.05, 0.1) is 0 Å². The monoisotopic (exact) mass is 1090 g/mol. The average Bonchev–Trinajstić information content (AvgIpc) is 3.61. The molecule has 4 nitrogen and oxygen atoms in total. The molecule has 0 saturated heterocycles. The zero-order valence-corrected chi connectivity index (χ0v) is 44.8. The SMILES string of the molecule is CCCCCCc1cc(CCCCCC)cc(C2(C)c3ccccc3-c3c[c-]c(-c4ncc(-c5nc(-c6ccc(C(C)(C)C)cc6)nc(-c6ccc(C(C)(C)C)cc6)n5)c5ccccc45)cc32)c1.[Ir]. The van der Waals surface area contributed by atoms with Crippen molar-refractivity contribution in [2.45, 2.75) is 143 Å². The van der Waals surface area contributed by atoms with Crippen LogP contribution in [-0.4, -0.2) is 19.9 Å². The summed E-state index contributed by atoms with van der Waals surface area (Å²) in [6.45, 7) is 20.5. The molecule has 1 unspecified atom stereocenters. The van der Waals surface area contributed by atoms with Gasteiger partial charge in [-0.2, -0.15) is 0 Å². The molecule has 0 amide bonds. The summed E-state index contributed by atoms with van der Waals surface area (Å²) in [6.07, 6.45) is 14.3. The Morgan fingerprint density at radius 3 is 1.58 bits per heavy atom. The van der Waals surface area contributed by atoms with E-state index >= 15 is 0 Å². The zero-order chi connectivity index (χ0) is 47.6. The van der Waals surface area contributed by atoms with Gasteiger partial charge in [-0.15, -0.1) is 29.3 Å². The second-order valence-electron chi connectivity index (χ2n) is 21.5. The summed E-state index contributed by atoms with van der Waals surface area (Å²) in [4.78, 5) is 20.9. The zero-order valence-electron chi connectivity index (χ0n) is 42.4. The van der Waals surface area contributed by atoms with Crippen molar-refractivity contribution in [2.24, 2.45) is 0 Å². The molecule has 0 N–H and O–H groups in total. The minimum absolute atomic E-state index is 0. The molecule has 8 aromatic rings. The predicted molar refractivity (Wildman–Crippen MR) is 286 cm³/mol. The number of aromatic nitrogens is 4. The van der Waals surface area contributed by atoms with Gasteiger partial charge in [-0.25, -0.2) is 15.0 Å². The Kier molecular flexibility index (Phi) is 15.0. The van der Waals surface area contributed by atoms with Crippen molar-refractivity contribution in [1.29, 1.82) is 0 Å². The molecule has 0 fully saturated rings. The second kappa shape index (κ2) is 20.8. The van der Waals surface area contributed by atoms with E-state index in [4.69, 9.17) is 19.9 Å². The normalized spacial score (nSPS) is 14.4. The van der Waals surface area contributed by atoms with Crippen molar-refractivity contribution < 1.29 is 20.1 Å². The van der Waals surface area contributed by atoms with Crippen LogP contribution in [0.2, 0.25) is 0 Å². The quantitative estimate of drug-likeness (QED) is 0.0758. The number of nitrogens with zero attached hydrogens (tertiary/aromatic N) is 4. The van der Waals surface area contributed by atoms with E-state index in [1.807, 2.05) is 6.20 Å². The molecule has 1 radical (unpaired) electrons. The number of rotatable bonds is 15. The number of hydrogen-bond acceptors (Lipinski definition) is 4. The molecule has 355 valence electrons. The average molecular weight is 1090 g/mol. The largest absolute Gasteiger partial charge is 0.303 e. The fourth-order valence-corrected chi connectivity index (χ4v) is 10.3. The predicted octanol–water partition coefficient (Wildman–Crippen LogP) is 17.1. The maximum absolute atomic E-state index is 5.32. The van der Waals surface area contributed by atoms with Gasteiger partial charge in [-0.3, -0.25) is 0 Å². The van der Waals surface area contributed by atoms with Crippen LogP contribution >= 0.6 is 0 Å². The van der Waals surface area contributed by atoms with E-state index in [0.717, 1.165) is 51.6 Å². The summed E-state index contributed by atoms with van der Waals surface area (Å²) in [5.74, 6) is 1.87. The first-order valence-electron chi connectivity index (χ1n) is 25.4. The van der Waals surface area contributed by atoms with E-state index < -0.39 is 0 Å². The van der Waals surface area contributed by atoms with E-state index in [1.54, 1.807) is 0 Å². The van der Waals surface area contributed by atoms with Crippen LogP contribution in [0.15, 0.2) is 134 Å². The van der Waals surface area contributed by atoms with Gasteiger partial charge in [-0.1, -0.05) is 220 Å². The van der Waals surface area contributed by atoms with E-state index in [0.29, 0.717) is 17.5 Å². The first kappa shape index (κ1) is 49.8. The van der Waals surface area contributed by atoms with Gasteiger partial charge in [0.2, 0.25) is 0 Å². The Hall–Kier alpha value is -5.61. The van der Waals surface area contributed by atoms with E-state index in [2.05, 4.69) is 196 Å². The van der Waals surface area contributed by atoms with Gasteiger partial charge in [-0.05, 0) is 93.3 Å². The summed E-state index contributed by atoms with van der Waals surface area (Å²) in [7, 11) is 0. The summed E-state index contributed by atoms with van der Waals surface area (Å²) in [5, 5.41) is 2.07. The molecule has 1 aliphatic carbocycles. The van der Waals surface area contributed by atoms with Crippen LogP contribution in [0.3, 0.4) is 0 Å². The first-order valence-corrected chi connectivity index (χ1v) is 25.4. The number of unbranched alkanes of at least 4 members (excludes halogenated alkanes) is 6. The topological polar surface area (TPSA) is 51.6 Å². The Labute approximate surface area is 426 Å². The molecule has 5 heteroatoms. The van der Waals surface area contributed by atoms with Crippen molar-refractivity contribution in [3.63, 3.8) is 0 Å². The summed E-state index contributed by atoms with van der Waals surface area (Å²) < 4.78 is 0. The molecule has 9 rings (SSSR count). The maximum Gasteiger partial charge on any atom is 0.166 e. The van der Waals surface area contributed by atoms with Crippen molar-refractivity contribution in [2.75, 3.05) is 0 Å². The van der Waals surface area contributed by atoms with Gasteiger partial charge < -0.3 is 4.98 Å². The minimum Gasteiger partial charge on any atom is -0.303 e. The molecule has 6 aromatic carbocycles. The van der Waals surface area contributed by atoms with Crippen LogP contribution in [0, 0.1) is 6.07 Å². The summed E-state index contributed by atoms with van der Waals surface area (Å²) >= 11 is 0. The van der Waals surface area contributed by atoms with Crippen molar-refractivity contribution >= 4 is 10.8 Å². The van der Waals surface area contributed by atoms with Gasteiger partial charge >= 0.3 is 0 Å². The molecule has 0 saturated carbocycles. The number of pyridine rings is 1. The second-order valence-corrected chi connectivity index (χ2v) is 21.5. The van der Waals surface area contributed by atoms with Gasteiger partial charge in [0.25, 0.3) is 0 Å². The summed E-state index contributed by atoms with van der Waals surface area (Å²) in [5.41, 5.74) is 16.4. The van der Waals surface area contributed by atoms with E-state index in [9.17, 15) is 0 Å². The van der Waals surface area contributed by atoms with Crippen LogP contribution in [0.25, 0.3) is 67.3 Å². The molecule has 0 bridgehead atoms. The van der Waals surface area contributed by atoms with Crippen LogP contribution in [-0.2, 0) is 49.2 Å². The van der Waals surface area contributed by atoms with Gasteiger partial charge in [0, 0.05) is 48.4 Å². The Morgan fingerprint density at radius 2 is 1.03 bits per heavy atom. The van der Waals surface area contributed by atoms with E-state index in [1.165, 1.54) is 101 Å². The molecule has 1 aliphatic rings. The molecule has 2 aromatic heterocycles. The molecule has 0 aliphatic heterocycles. The van der Waals surface area contributed by atoms with Gasteiger partial charge in [0.15, 0.2) is 17.5 Å². The number of hydrogen-bond donors (Lipinski definition) is 0. The molecular formula is C64H69IrN4-. The Balaban J connectivity index is 0.00000642. The first-order chi connectivity index (χ1) is 32.8. The fraction of sp³-hybridized carbons (Fsp3) is 0.344. The Bertz CT molecular complexity index is 2960. The third-order valence-corrected chi connectivity index (χ3v) is 14.5. The van der Waals surface area contributed by atoms with Crippen LogP contribution in [0.5, 0.6) is 0 Å². The third-order valence-electron chi connectivity index (χ3n) is 14.5. The number of benzene rings is 6. The Morgan fingerprint density at radius 1 is 0.507 bits per heavy atom. The third kappa shape index (κ3) is 10.3. The molecule has 2 heterocycles. The van der Waals surface area contributed by atoms with Crippen LogP contribution < -0.4 is 0 Å². The van der Waals surface area contributed by atoms with E-state index in [-0.39, 0.29) is 36.4 Å². The minimum atomic E-state index is -0.350. The fourth-order valence-electron chi connectivity index (χ4n) is 10.3. The van der Waals surface area contributed by atoms with Crippen LogP contribution in [0.1, 0.15) is 153 Å². The number of aryl methyl sites for hydroxylation is 2. The molecule has 1 atom stereocenters. The molecular weight excluding hydrogens is 1020 g/mol. The molecule has 69 heavy (non-hydrogen) atoms. The van der Waals surface area contributed by atoms with Gasteiger partial charge in [0.1, 0.15) is 0 Å². The number of fused-ring (bicyclic) bond motifs is 4.